The molecule has 0 heterocycles. The fourth-order valence-electron chi connectivity index (χ4n) is 2.54. The van der Waals surface area contributed by atoms with Crippen molar-refractivity contribution in [3.63, 3.8) is 0 Å². The lowest BCUT2D eigenvalue weighted by molar-refractivity contribution is -0.117. The molecule has 0 spiro atoms. The van der Waals surface area contributed by atoms with Crippen LogP contribution in [0.5, 0.6) is 0 Å². The molecular formula is C20H24ClNO. The third-order valence-corrected chi connectivity index (χ3v) is 4.21. The number of nitrogens with one attached hydrogen (secondary N) is 1. The minimum absolute atomic E-state index is 0.0213. The molecule has 0 saturated carbocycles. The molecule has 122 valence electrons. The van der Waals surface area contributed by atoms with Gasteiger partial charge < -0.3 is 5.32 Å². The van der Waals surface area contributed by atoms with Crippen molar-refractivity contribution in [1.29, 1.82) is 0 Å². The quantitative estimate of drug-likeness (QED) is 0.761. The van der Waals surface area contributed by atoms with E-state index < -0.39 is 0 Å². The van der Waals surface area contributed by atoms with Crippen molar-refractivity contribution in [3.05, 3.63) is 64.2 Å². The van der Waals surface area contributed by atoms with Crippen LogP contribution in [0.1, 0.15) is 43.4 Å². The molecule has 0 aliphatic carbocycles. The van der Waals surface area contributed by atoms with Crippen molar-refractivity contribution in [2.75, 3.05) is 5.32 Å². The molecular weight excluding hydrogens is 306 g/mol. The van der Waals surface area contributed by atoms with Crippen LogP contribution >= 0.6 is 11.6 Å². The van der Waals surface area contributed by atoms with Crippen molar-refractivity contribution in [2.45, 2.75) is 40.0 Å². The van der Waals surface area contributed by atoms with E-state index in [1.165, 1.54) is 5.56 Å². The maximum atomic E-state index is 12.5. The minimum atomic E-state index is -0.207. The molecule has 0 fully saturated rings. The molecule has 23 heavy (non-hydrogen) atoms. The van der Waals surface area contributed by atoms with Crippen LogP contribution in [0.25, 0.3) is 0 Å². The molecule has 1 amide bonds. The molecule has 0 saturated heterocycles. The highest BCUT2D eigenvalue weighted by atomic mass is 35.5. The number of anilines is 1. The standard InChI is InChI=1S/C20H24ClNO/c1-13(2)11-16-6-8-17(9-7-16)15(4)20(23)22-19-12-18(21)10-5-14(19)3/h5-10,12-13,15H,11H2,1-4H3,(H,22,23). The van der Waals surface area contributed by atoms with Gasteiger partial charge in [0.15, 0.2) is 0 Å². The number of carbonyl (C=O) groups is 1. The van der Waals surface area contributed by atoms with Gasteiger partial charge in [0.05, 0.1) is 5.92 Å². The predicted octanol–water partition coefficient (Wildman–Crippen LogP) is 5.59. The van der Waals surface area contributed by atoms with Gasteiger partial charge in [-0.25, -0.2) is 0 Å². The zero-order valence-electron chi connectivity index (χ0n) is 14.2. The fourth-order valence-corrected chi connectivity index (χ4v) is 2.71. The number of amides is 1. The van der Waals surface area contributed by atoms with Crippen LogP contribution in [0.3, 0.4) is 0 Å². The van der Waals surface area contributed by atoms with E-state index in [1.54, 1.807) is 6.07 Å². The number of rotatable bonds is 5. The molecule has 1 atom stereocenters. The van der Waals surface area contributed by atoms with Gasteiger partial charge in [0.25, 0.3) is 0 Å². The van der Waals surface area contributed by atoms with E-state index in [9.17, 15) is 4.79 Å². The molecule has 0 aliphatic heterocycles. The van der Waals surface area contributed by atoms with Crippen molar-refractivity contribution in [3.8, 4) is 0 Å². The highest BCUT2D eigenvalue weighted by Crippen LogP contribution is 2.23. The molecule has 3 heteroatoms. The van der Waals surface area contributed by atoms with Crippen LogP contribution in [0.15, 0.2) is 42.5 Å². The first kappa shape index (κ1) is 17.6. The minimum Gasteiger partial charge on any atom is -0.325 e. The van der Waals surface area contributed by atoms with Crippen LogP contribution < -0.4 is 5.32 Å². The predicted molar refractivity (Wildman–Crippen MR) is 98.2 cm³/mol. The van der Waals surface area contributed by atoms with E-state index in [4.69, 9.17) is 11.6 Å². The van der Waals surface area contributed by atoms with E-state index in [0.717, 1.165) is 23.2 Å². The third-order valence-electron chi connectivity index (χ3n) is 3.97. The molecule has 2 aromatic rings. The SMILES string of the molecule is Cc1ccc(Cl)cc1NC(=O)C(C)c1ccc(CC(C)C)cc1. The summed E-state index contributed by atoms with van der Waals surface area (Å²) in [6.45, 7) is 8.29. The number of hydrogen-bond donors (Lipinski definition) is 1. The average molecular weight is 330 g/mol. The molecule has 0 bridgehead atoms. The topological polar surface area (TPSA) is 29.1 Å². The van der Waals surface area contributed by atoms with Crippen LogP contribution in [0, 0.1) is 12.8 Å². The lowest BCUT2D eigenvalue weighted by atomic mass is 9.96. The van der Waals surface area contributed by atoms with Gasteiger partial charge in [-0.3, -0.25) is 4.79 Å². The Morgan fingerprint density at radius 1 is 1.09 bits per heavy atom. The van der Waals surface area contributed by atoms with E-state index in [1.807, 2.05) is 38.1 Å². The summed E-state index contributed by atoms with van der Waals surface area (Å²) in [5.41, 5.74) is 4.10. The summed E-state index contributed by atoms with van der Waals surface area (Å²) in [5, 5.41) is 3.59. The van der Waals surface area contributed by atoms with E-state index in [0.29, 0.717) is 10.9 Å². The van der Waals surface area contributed by atoms with Crippen LogP contribution in [-0.2, 0) is 11.2 Å². The summed E-state index contributed by atoms with van der Waals surface area (Å²) in [7, 11) is 0. The van der Waals surface area contributed by atoms with Crippen molar-refractivity contribution in [2.24, 2.45) is 5.92 Å². The van der Waals surface area contributed by atoms with Crippen molar-refractivity contribution < 1.29 is 4.79 Å². The molecule has 2 nitrogen and oxygen atoms in total. The maximum Gasteiger partial charge on any atom is 0.231 e. The molecule has 2 rings (SSSR count). The van der Waals surface area contributed by atoms with E-state index in [2.05, 4.69) is 31.3 Å². The number of aryl methyl sites for hydroxylation is 1. The highest BCUT2D eigenvalue weighted by molar-refractivity contribution is 6.31. The molecule has 1 unspecified atom stereocenters. The second-order valence-electron chi connectivity index (χ2n) is 6.51. The molecule has 0 radical (unpaired) electrons. The lowest BCUT2D eigenvalue weighted by Gasteiger charge is -2.15. The Bertz CT molecular complexity index is 677. The fraction of sp³-hybridized carbons (Fsp3) is 0.350. The summed E-state index contributed by atoms with van der Waals surface area (Å²) < 4.78 is 0. The van der Waals surface area contributed by atoms with Gasteiger partial charge in [0, 0.05) is 10.7 Å². The Balaban J connectivity index is 2.08. The van der Waals surface area contributed by atoms with E-state index >= 15 is 0 Å². The molecule has 1 N–H and O–H groups in total. The summed E-state index contributed by atoms with van der Waals surface area (Å²) >= 11 is 6.00. The summed E-state index contributed by atoms with van der Waals surface area (Å²) in [5.74, 6) is 0.404. The van der Waals surface area contributed by atoms with Gasteiger partial charge in [-0.15, -0.1) is 0 Å². The third kappa shape index (κ3) is 4.84. The van der Waals surface area contributed by atoms with Gasteiger partial charge in [-0.2, -0.15) is 0 Å². The normalized spacial score (nSPS) is 12.3. The smallest absolute Gasteiger partial charge is 0.231 e. The first-order valence-electron chi connectivity index (χ1n) is 8.02. The number of hydrogen-bond acceptors (Lipinski definition) is 1. The monoisotopic (exact) mass is 329 g/mol. The van der Waals surface area contributed by atoms with Crippen LogP contribution in [-0.4, -0.2) is 5.91 Å². The number of benzene rings is 2. The van der Waals surface area contributed by atoms with E-state index in [-0.39, 0.29) is 11.8 Å². The second-order valence-corrected chi connectivity index (χ2v) is 6.95. The highest BCUT2D eigenvalue weighted by Gasteiger charge is 2.16. The van der Waals surface area contributed by atoms with Crippen LogP contribution in [0.2, 0.25) is 5.02 Å². The van der Waals surface area contributed by atoms with Gasteiger partial charge in [-0.05, 0) is 55.0 Å². The zero-order chi connectivity index (χ0) is 17.0. The van der Waals surface area contributed by atoms with Gasteiger partial charge >= 0.3 is 0 Å². The number of carbonyl (C=O) groups excluding carboxylic acids is 1. The Morgan fingerprint density at radius 3 is 2.35 bits per heavy atom. The largest absolute Gasteiger partial charge is 0.325 e. The number of halogens is 1. The summed E-state index contributed by atoms with van der Waals surface area (Å²) in [4.78, 5) is 12.5. The molecule has 0 aliphatic rings. The molecule has 2 aromatic carbocycles. The van der Waals surface area contributed by atoms with Gasteiger partial charge in [0.1, 0.15) is 0 Å². The maximum absolute atomic E-state index is 12.5. The Kier molecular flexibility index (Phi) is 5.84. The Morgan fingerprint density at radius 2 is 1.74 bits per heavy atom. The van der Waals surface area contributed by atoms with Gasteiger partial charge in [-0.1, -0.05) is 55.8 Å². The summed E-state index contributed by atoms with van der Waals surface area (Å²) in [6.07, 6.45) is 1.06. The Labute approximate surface area is 143 Å². The first-order valence-corrected chi connectivity index (χ1v) is 8.40. The first-order chi connectivity index (χ1) is 10.9. The lowest BCUT2D eigenvalue weighted by Crippen LogP contribution is -2.19. The second kappa shape index (κ2) is 7.65. The van der Waals surface area contributed by atoms with Gasteiger partial charge in [0.2, 0.25) is 5.91 Å². The molecule has 0 aromatic heterocycles. The zero-order valence-corrected chi connectivity index (χ0v) is 14.9. The van der Waals surface area contributed by atoms with Crippen molar-refractivity contribution in [1.82, 2.24) is 0 Å². The Hall–Kier alpha value is -1.80. The average Bonchev–Trinajstić information content (AvgIpc) is 2.50. The van der Waals surface area contributed by atoms with Crippen LogP contribution in [0.4, 0.5) is 5.69 Å². The van der Waals surface area contributed by atoms with Crippen molar-refractivity contribution >= 4 is 23.2 Å². The summed E-state index contributed by atoms with van der Waals surface area (Å²) in [6, 6.07) is 13.8.